The van der Waals surface area contributed by atoms with Gasteiger partial charge in [-0.3, -0.25) is 4.90 Å². The van der Waals surface area contributed by atoms with Crippen LogP contribution in [0.15, 0.2) is 11.4 Å². The Morgan fingerprint density at radius 3 is 3.21 bits per heavy atom. The van der Waals surface area contributed by atoms with Gasteiger partial charge in [0.2, 0.25) is 0 Å². The van der Waals surface area contributed by atoms with E-state index in [-0.39, 0.29) is 0 Å². The third-order valence-corrected chi connectivity index (χ3v) is 3.96. The third-order valence-electron chi connectivity index (χ3n) is 2.71. The summed E-state index contributed by atoms with van der Waals surface area (Å²) in [6, 6.07) is 2.74. The topological polar surface area (TPSA) is 15.3 Å². The normalized spacial score (nSPS) is 24.0. The maximum atomic E-state index is 6.08. The summed E-state index contributed by atoms with van der Waals surface area (Å²) < 4.78 is 0.940. The van der Waals surface area contributed by atoms with Crippen molar-refractivity contribution in [3.05, 3.63) is 21.3 Å². The minimum absolute atomic E-state index is 0.611. The number of thiophene rings is 1. The van der Waals surface area contributed by atoms with Crippen LogP contribution in [0.4, 0.5) is 0 Å². The highest BCUT2D eigenvalue weighted by molar-refractivity contribution is 7.14. The first-order valence-electron chi connectivity index (χ1n) is 4.94. The molecule has 0 spiro atoms. The van der Waals surface area contributed by atoms with E-state index in [4.69, 9.17) is 11.6 Å². The molecule has 0 amide bonds. The summed E-state index contributed by atoms with van der Waals surface area (Å²) in [5.41, 5.74) is 1.27. The lowest BCUT2D eigenvalue weighted by Gasteiger charge is -2.33. The molecule has 1 saturated heterocycles. The second-order valence-electron chi connectivity index (χ2n) is 3.74. The van der Waals surface area contributed by atoms with Crippen molar-refractivity contribution < 1.29 is 0 Å². The maximum Gasteiger partial charge on any atom is 0.0973 e. The lowest BCUT2D eigenvalue weighted by Crippen LogP contribution is -2.49. The molecule has 1 N–H and O–H groups in total. The van der Waals surface area contributed by atoms with Crippen LogP contribution in [0.5, 0.6) is 0 Å². The summed E-state index contributed by atoms with van der Waals surface area (Å²) in [4.78, 5) is 2.48. The Bertz CT molecular complexity index is 300. The molecule has 4 heteroatoms. The van der Waals surface area contributed by atoms with Crippen molar-refractivity contribution in [1.29, 1.82) is 0 Å². The van der Waals surface area contributed by atoms with Crippen molar-refractivity contribution in [2.45, 2.75) is 19.5 Å². The van der Waals surface area contributed by atoms with Gasteiger partial charge < -0.3 is 5.32 Å². The molecular formula is C10H15ClN2S. The molecule has 2 heterocycles. The standard InChI is InChI=1S/C10H15ClN2S/c1-8-6-12-3-4-13(8)7-9-2-5-14-10(9)11/h2,5,8,12H,3-4,6-7H2,1H3. The summed E-state index contributed by atoms with van der Waals surface area (Å²) in [5, 5.41) is 5.45. The predicted molar refractivity (Wildman–Crippen MR) is 62.1 cm³/mol. The van der Waals surface area contributed by atoms with Crippen molar-refractivity contribution in [2.24, 2.45) is 0 Å². The molecule has 14 heavy (non-hydrogen) atoms. The van der Waals surface area contributed by atoms with Crippen LogP contribution in [0.3, 0.4) is 0 Å². The predicted octanol–water partition coefficient (Wildman–Crippen LogP) is 2.20. The molecule has 1 atom stereocenters. The Morgan fingerprint density at radius 2 is 2.57 bits per heavy atom. The molecule has 1 fully saturated rings. The maximum absolute atomic E-state index is 6.08. The Labute approximate surface area is 93.9 Å². The van der Waals surface area contributed by atoms with Crippen LogP contribution in [-0.4, -0.2) is 30.6 Å². The Morgan fingerprint density at radius 1 is 1.71 bits per heavy atom. The van der Waals surface area contributed by atoms with Gasteiger partial charge in [0.25, 0.3) is 0 Å². The fraction of sp³-hybridized carbons (Fsp3) is 0.600. The van der Waals surface area contributed by atoms with Gasteiger partial charge in [0.15, 0.2) is 0 Å². The minimum Gasteiger partial charge on any atom is -0.314 e. The highest BCUT2D eigenvalue weighted by Gasteiger charge is 2.18. The van der Waals surface area contributed by atoms with Crippen molar-refractivity contribution in [3.8, 4) is 0 Å². The smallest absolute Gasteiger partial charge is 0.0973 e. The number of hydrogen-bond acceptors (Lipinski definition) is 3. The first-order chi connectivity index (χ1) is 6.77. The molecule has 1 aromatic heterocycles. The molecule has 0 bridgehead atoms. The van der Waals surface area contributed by atoms with Gasteiger partial charge in [-0.05, 0) is 23.9 Å². The fourth-order valence-corrected chi connectivity index (χ4v) is 2.68. The van der Waals surface area contributed by atoms with Crippen molar-refractivity contribution >= 4 is 22.9 Å². The Kier molecular flexibility index (Phi) is 3.44. The zero-order valence-corrected chi connectivity index (χ0v) is 9.87. The van der Waals surface area contributed by atoms with Crippen molar-refractivity contribution in [1.82, 2.24) is 10.2 Å². The highest BCUT2D eigenvalue weighted by atomic mass is 35.5. The van der Waals surface area contributed by atoms with Crippen molar-refractivity contribution in [3.63, 3.8) is 0 Å². The number of hydrogen-bond donors (Lipinski definition) is 1. The molecule has 1 unspecified atom stereocenters. The minimum atomic E-state index is 0.611. The second kappa shape index (κ2) is 4.62. The average Bonchev–Trinajstić information content (AvgIpc) is 2.56. The van der Waals surface area contributed by atoms with Gasteiger partial charge in [0.1, 0.15) is 0 Å². The first-order valence-corrected chi connectivity index (χ1v) is 6.20. The van der Waals surface area contributed by atoms with Crippen LogP contribution >= 0.6 is 22.9 Å². The molecule has 2 nitrogen and oxygen atoms in total. The Balaban J connectivity index is 1.99. The van der Waals surface area contributed by atoms with E-state index in [1.54, 1.807) is 11.3 Å². The summed E-state index contributed by atoms with van der Waals surface area (Å²) >= 11 is 7.70. The number of piperazine rings is 1. The highest BCUT2D eigenvalue weighted by Crippen LogP contribution is 2.24. The van der Waals surface area contributed by atoms with E-state index >= 15 is 0 Å². The molecule has 0 radical (unpaired) electrons. The van der Waals surface area contributed by atoms with Crippen LogP contribution < -0.4 is 5.32 Å². The molecule has 1 aliphatic heterocycles. The number of nitrogens with one attached hydrogen (secondary N) is 1. The zero-order chi connectivity index (χ0) is 9.97. The van der Waals surface area contributed by atoms with Crippen LogP contribution in [0.25, 0.3) is 0 Å². The van der Waals surface area contributed by atoms with Gasteiger partial charge in [-0.15, -0.1) is 11.3 Å². The van der Waals surface area contributed by atoms with Gasteiger partial charge in [-0.25, -0.2) is 0 Å². The van der Waals surface area contributed by atoms with Gasteiger partial charge in [-0.1, -0.05) is 11.6 Å². The van der Waals surface area contributed by atoms with E-state index in [0.717, 1.165) is 30.5 Å². The van der Waals surface area contributed by atoms with E-state index in [2.05, 4.69) is 28.6 Å². The van der Waals surface area contributed by atoms with Gasteiger partial charge in [-0.2, -0.15) is 0 Å². The molecule has 0 aromatic carbocycles. The lowest BCUT2D eigenvalue weighted by molar-refractivity contribution is 0.166. The summed E-state index contributed by atoms with van der Waals surface area (Å²) in [5.74, 6) is 0. The monoisotopic (exact) mass is 230 g/mol. The summed E-state index contributed by atoms with van der Waals surface area (Å²) in [6.45, 7) is 6.54. The molecular weight excluding hydrogens is 216 g/mol. The van der Waals surface area contributed by atoms with Crippen LogP contribution in [0.1, 0.15) is 12.5 Å². The largest absolute Gasteiger partial charge is 0.314 e. The van der Waals surface area contributed by atoms with Crippen molar-refractivity contribution in [2.75, 3.05) is 19.6 Å². The average molecular weight is 231 g/mol. The molecule has 0 aliphatic carbocycles. The van der Waals surface area contributed by atoms with E-state index in [1.165, 1.54) is 5.56 Å². The van der Waals surface area contributed by atoms with Gasteiger partial charge in [0.05, 0.1) is 4.34 Å². The van der Waals surface area contributed by atoms with Gasteiger partial charge in [0, 0.05) is 32.2 Å². The fourth-order valence-electron chi connectivity index (χ4n) is 1.77. The first kappa shape index (κ1) is 10.4. The Hall–Kier alpha value is -0.0900. The summed E-state index contributed by atoms with van der Waals surface area (Å²) in [6.07, 6.45) is 0. The number of nitrogens with zero attached hydrogens (tertiary/aromatic N) is 1. The van der Waals surface area contributed by atoms with E-state index in [9.17, 15) is 0 Å². The SMILES string of the molecule is CC1CNCCN1Cc1ccsc1Cl. The molecule has 78 valence electrons. The van der Waals surface area contributed by atoms with Gasteiger partial charge >= 0.3 is 0 Å². The van der Waals surface area contributed by atoms with E-state index in [1.807, 2.05) is 0 Å². The number of rotatable bonds is 2. The zero-order valence-electron chi connectivity index (χ0n) is 8.29. The number of halogens is 1. The molecule has 1 aromatic rings. The second-order valence-corrected chi connectivity index (χ2v) is 5.26. The quantitative estimate of drug-likeness (QED) is 0.838. The molecule has 0 saturated carbocycles. The molecule has 1 aliphatic rings. The third kappa shape index (κ3) is 2.28. The lowest BCUT2D eigenvalue weighted by atomic mass is 10.2. The van der Waals surface area contributed by atoms with Crippen LogP contribution in [0, 0.1) is 0 Å². The van der Waals surface area contributed by atoms with Crippen LogP contribution in [0.2, 0.25) is 4.34 Å². The van der Waals surface area contributed by atoms with E-state index < -0.39 is 0 Å². The summed E-state index contributed by atoms with van der Waals surface area (Å²) in [7, 11) is 0. The molecule has 2 rings (SSSR count). The van der Waals surface area contributed by atoms with Crippen LogP contribution in [-0.2, 0) is 6.54 Å². The van der Waals surface area contributed by atoms with E-state index in [0.29, 0.717) is 6.04 Å².